The molecule has 0 aromatic heterocycles. The Morgan fingerprint density at radius 3 is 1.13 bits per heavy atom. The van der Waals surface area contributed by atoms with Crippen molar-refractivity contribution < 1.29 is 46.1 Å². The minimum atomic E-state index is -3.82. The molecule has 2 N–H and O–H groups in total. The molecule has 0 saturated carbocycles. The van der Waals surface area contributed by atoms with Crippen LogP contribution >= 0.6 is 0 Å². The third-order valence-corrected chi connectivity index (χ3v) is 19.1. The van der Waals surface area contributed by atoms with E-state index >= 15 is 0 Å². The van der Waals surface area contributed by atoms with Crippen molar-refractivity contribution in [1.29, 1.82) is 0 Å². The molecule has 14 nitrogen and oxygen atoms in total. The van der Waals surface area contributed by atoms with Crippen molar-refractivity contribution in [1.82, 2.24) is 8.61 Å². The van der Waals surface area contributed by atoms with Gasteiger partial charge in [0.15, 0.2) is 12.2 Å². The lowest BCUT2D eigenvalue weighted by Crippen LogP contribution is -2.34. The number of nitrogens with zero attached hydrogens (tertiary/aromatic N) is 4. The second kappa shape index (κ2) is 21.0. The van der Waals surface area contributed by atoms with E-state index in [-0.39, 0.29) is 12.1 Å². The molecule has 4 heterocycles. The number of ether oxygens (including phenoxy) is 2. The third kappa shape index (κ3) is 10.6. The van der Waals surface area contributed by atoms with Crippen LogP contribution in [-0.4, -0.2) is 84.0 Å². The number of benzene rings is 6. The van der Waals surface area contributed by atoms with Crippen molar-refractivity contribution >= 4 is 43.7 Å². The van der Waals surface area contributed by atoms with Crippen LogP contribution < -0.4 is 8.61 Å². The fourth-order valence-electron chi connectivity index (χ4n) is 11.9. The van der Waals surface area contributed by atoms with Crippen molar-refractivity contribution in [3.63, 3.8) is 0 Å². The summed E-state index contributed by atoms with van der Waals surface area (Å²) in [7, 11) is -7.64. The van der Waals surface area contributed by atoms with Crippen LogP contribution in [0.2, 0.25) is 0 Å². The summed E-state index contributed by atoms with van der Waals surface area (Å²) < 4.78 is 74.2. The number of aliphatic carboxylic acids is 2. The monoisotopic (exact) mass is 1100 g/mol. The number of carboxylic acids is 2. The zero-order chi connectivity index (χ0) is 56.6. The number of aryl methyl sites for hydroxylation is 2. The van der Waals surface area contributed by atoms with Crippen LogP contribution in [0.4, 0.5) is 11.4 Å². The quantitative estimate of drug-likeness (QED) is 0.120. The molecule has 4 aliphatic rings. The smallest absolute Gasteiger partial charge is 0.337 e. The van der Waals surface area contributed by atoms with Gasteiger partial charge in [-0.3, -0.25) is 8.61 Å². The van der Waals surface area contributed by atoms with E-state index in [2.05, 4.69) is 0 Å². The number of rotatable bonds is 12. The molecule has 6 aromatic carbocycles. The molecule has 0 spiro atoms. The van der Waals surface area contributed by atoms with E-state index in [1.165, 1.54) is 17.2 Å². The summed E-state index contributed by atoms with van der Waals surface area (Å²) in [5.74, 6) is -2.21. The molecule has 412 valence electrons. The molecule has 0 amide bonds. The van der Waals surface area contributed by atoms with Crippen LogP contribution in [0.25, 0.3) is 22.3 Å². The highest BCUT2D eigenvalue weighted by molar-refractivity contribution is 7.91. The van der Waals surface area contributed by atoms with Crippen LogP contribution in [-0.2, 0) is 65.4 Å². The summed E-state index contributed by atoms with van der Waals surface area (Å²) in [6.45, 7) is 23.9. The summed E-state index contributed by atoms with van der Waals surface area (Å²) in [6, 6.07) is 34.7. The Morgan fingerprint density at radius 2 is 0.833 bits per heavy atom. The van der Waals surface area contributed by atoms with E-state index in [1.807, 2.05) is 192 Å². The van der Waals surface area contributed by atoms with Gasteiger partial charge in [-0.05, 0) is 163 Å². The summed E-state index contributed by atoms with van der Waals surface area (Å²) in [5.41, 5.74) is 13.2. The van der Waals surface area contributed by atoms with Crippen molar-refractivity contribution in [2.75, 3.05) is 21.7 Å². The number of carboxylic acid groups (broad SMARTS) is 2. The zero-order valence-corrected chi connectivity index (χ0v) is 48.3. The van der Waals surface area contributed by atoms with Crippen molar-refractivity contribution in [3.8, 4) is 22.3 Å². The van der Waals surface area contributed by atoms with Gasteiger partial charge in [0.1, 0.15) is 0 Å². The fourth-order valence-corrected chi connectivity index (χ4v) is 15.7. The second-order valence-corrected chi connectivity index (χ2v) is 26.9. The lowest BCUT2D eigenvalue weighted by Gasteiger charge is -2.31. The largest absolute Gasteiger partial charge is 0.479 e. The Kier molecular flexibility index (Phi) is 15.2. The maximum absolute atomic E-state index is 13.9. The van der Waals surface area contributed by atoms with Gasteiger partial charge in [0.25, 0.3) is 0 Å². The zero-order valence-electron chi connectivity index (χ0n) is 46.7. The van der Waals surface area contributed by atoms with Crippen LogP contribution in [0.15, 0.2) is 109 Å². The maximum atomic E-state index is 13.9. The van der Waals surface area contributed by atoms with E-state index in [0.717, 1.165) is 66.8 Å². The van der Waals surface area contributed by atoms with Gasteiger partial charge in [0.2, 0.25) is 0 Å². The van der Waals surface area contributed by atoms with Gasteiger partial charge in [0.05, 0.1) is 34.7 Å². The Hall–Kier alpha value is -6.40. The van der Waals surface area contributed by atoms with Gasteiger partial charge in [-0.2, -0.15) is 25.4 Å². The van der Waals surface area contributed by atoms with Gasteiger partial charge < -0.3 is 19.7 Å². The highest BCUT2D eigenvalue weighted by Crippen LogP contribution is 2.53. The average Bonchev–Trinajstić information content (AvgIpc) is 4.13. The van der Waals surface area contributed by atoms with Crippen LogP contribution in [0.1, 0.15) is 121 Å². The number of carbonyl (C=O) groups is 2. The van der Waals surface area contributed by atoms with Crippen LogP contribution in [0, 0.1) is 41.5 Å². The molecule has 4 aliphatic heterocycles. The van der Waals surface area contributed by atoms with Gasteiger partial charge in [-0.25, -0.2) is 9.59 Å². The van der Waals surface area contributed by atoms with E-state index in [0.29, 0.717) is 72.6 Å². The maximum Gasteiger partial charge on any atom is 0.337 e. The number of hydrogen-bond donors (Lipinski definition) is 2. The number of anilines is 2. The summed E-state index contributed by atoms with van der Waals surface area (Å²) in [6.07, 6.45) is -1.39. The van der Waals surface area contributed by atoms with E-state index < -0.39 is 55.8 Å². The first kappa shape index (κ1) is 56.3. The molecule has 10 rings (SSSR count). The molecule has 16 heteroatoms. The Labute approximate surface area is 460 Å². The minimum absolute atomic E-state index is 0.251. The fraction of sp³-hybridized carbons (Fsp3) is 0.387. The first-order chi connectivity index (χ1) is 36.6. The molecule has 0 aliphatic carbocycles. The molecule has 78 heavy (non-hydrogen) atoms. The SMILES string of the molecule is Cc1ccc(-c2c(C)c3c(c(C)c2[C@H](OC(C)(C)C)C(=O)O)N2[C@@H](C3)CN(Cc3ccccc3)S2(=O)=O)cc1.Cc1ccc(-c2c(C)c3c(c(C)c2[C@H](OC(C)(C)C)C(=O)O)N2[C@H](C3)CN(Cc3ccccc3)S2(=O)=O)cc1. The highest BCUT2D eigenvalue weighted by Gasteiger charge is 2.52. The first-order valence-corrected chi connectivity index (χ1v) is 29.3. The van der Waals surface area contributed by atoms with Crippen molar-refractivity contribution in [3.05, 3.63) is 176 Å². The Morgan fingerprint density at radius 1 is 0.513 bits per heavy atom. The van der Waals surface area contributed by atoms with Crippen LogP contribution in [0.3, 0.4) is 0 Å². The van der Waals surface area contributed by atoms with E-state index in [1.54, 1.807) is 0 Å². The first-order valence-electron chi connectivity index (χ1n) is 26.5. The predicted octanol–water partition coefficient (Wildman–Crippen LogP) is 11.4. The lowest BCUT2D eigenvalue weighted by molar-refractivity contribution is -0.161. The molecule has 0 unspecified atom stereocenters. The van der Waals surface area contributed by atoms with Gasteiger partial charge >= 0.3 is 32.4 Å². The molecule has 6 aromatic rings. The molecule has 0 bridgehead atoms. The van der Waals surface area contributed by atoms with Crippen molar-refractivity contribution in [2.45, 2.75) is 145 Å². The van der Waals surface area contributed by atoms with E-state index in [4.69, 9.17) is 9.47 Å². The molecule has 4 atom stereocenters. The van der Waals surface area contributed by atoms with Gasteiger partial charge in [-0.15, -0.1) is 0 Å². The summed E-state index contributed by atoms with van der Waals surface area (Å²) in [4.78, 5) is 25.4. The normalized spacial score (nSPS) is 19.1. The molecular weight excluding hydrogens is 1020 g/mol. The second-order valence-electron chi connectivity index (χ2n) is 23.2. The molecule has 2 saturated heterocycles. The summed E-state index contributed by atoms with van der Waals surface area (Å²) in [5, 5.41) is 20.8. The predicted molar refractivity (Wildman–Crippen MR) is 306 cm³/mol. The molecule has 0 radical (unpaired) electrons. The third-order valence-electron chi connectivity index (χ3n) is 15.2. The Balaban J connectivity index is 0.000000190. The molecular formula is C62H72N4O10S2. The molecule has 2 fully saturated rings. The standard InChI is InChI=1S/2C31H36N2O5S/c2*1-19-12-14-23(15-13-19)26-20(2)25-16-24-18-32(17-22-10-8-7-9-11-22)39(36,37)33(24)28(25)21(3)27(26)29(30(34)35)38-31(4,5)6/h2*7-15,24,29H,16-18H2,1-6H3,(H,34,35)/t24-,29+;24-,29-/m10/s1. The van der Waals surface area contributed by atoms with E-state index in [9.17, 15) is 36.6 Å². The van der Waals surface area contributed by atoms with Gasteiger partial charge in [-0.1, -0.05) is 120 Å². The van der Waals surface area contributed by atoms with Crippen LogP contribution in [0.5, 0.6) is 0 Å². The van der Waals surface area contributed by atoms with Gasteiger partial charge in [0, 0.05) is 37.3 Å². The average molecular weight is 1100 g/mol. The summed E-state index contributed by atoms with van der Waals surface area (Å²) >= 11 is 0. The lowest BCUT2D eigenvalue weighted by atomic mass is 9.84. The highest BCUT2D eigenvalue weighted by atomic mass is 32.2. The topological polar surface area (TPSA) is 174 Å². The number of fused-ring (bicyclic) bond motifs is 6. The number of hydrogen-bond acceptors (Lipinski definition) is 8. The van der Waals surface area contributed by atoms with Crippen molar-refractivity contribution in [2.24, 2.45) is 0 Å². The minimum Gasteiger partial charge on any atom is -0.479 e. The Bertz CT molecular complexity index is 3290.